The maximum atomic E-state index is 12.1. The van der Waals surface area contributed by atoms with Crippen LogP contribution in [0.25, 0.3) is 0 Å². The molecule has 0 radical (unpaired) electrons. The highest BCUT2D eigenvalue weighted by molar-refractivity contribution is 5.31. The second-order valence-corrected chi connectivity index (χ2v) is 3.29. The maximum absolute atomic E-state index is 12.1. The lowest BCUT2D eigenvalue weighted by Gasteiger charge is -2.15. The van der Waals surface area contributed by atoms with E-state index in [0.717, 1.165) is 11.1 Å². The monoisotopic (exact) mass is 204 g/mol. The lowest BCUT2D eigenvalue weighted by molar-refractivity contribution is -0.206. The summed E-state index contributed by atoms with van der Waals surface area (Å²) >= 11 is 0. The number of rotatable bonds is 1. The molecule has 0 fully saturated rings. The van der Waals surface area contributed by atoms with Crippen LogP contribution in [-0.2, 0) is 0 Å². The van der Waals surface area contributed by atoms with Crippen LogP contribution >= 0.6 is 0 Å². The Morgan fingerprint density at radius 1 is 1.14 bits per heavy atom. The molecule has 4 heteroatoms. The molecule has 0 aliphatic carbocycles. The van der Waals surface area contributed by atoms with Crippen molar-refractivity contribution in [1.82, 2.24) is 0 Å². The predicted octanol–water partition coefficient (Wildman–Crippen LogP) is 2.90. The van der Waals surface area contributed by atoms with Gasteiger partial charge in [0.05, 0.1) is 0 Å². The zero-order valence-corrected chi connectivity index (χ0v) is 7.89. The van der Waals surface area contributed by atoms with Crippen molar-refractivity contribution in [2.75, 3.05) is 0 Å². The third-order valence-electron chi connectivity index (χ3n) is 2.16. The average molecular weight is 204 g/mol. The maximum Gasteiger partial charge on any atom is 0.418 e. The number of aliphatic hydroxyl groups is 1. The van der Waals surface area contributed by atoms with Crippen LogP contribution in [-0.4, -0.2) is 11.3 Å². The van der Waals surface area contributed by atoms with E-state index in [0.29, 0.717) is 0 Å². The van der Waals surface area contributed by atoms with Crippen LogP contribution in [0.2, 0.25) is 0 Å². The molecule has 0 aliphatic heterocycles. The van der Waals surface area contributed by atoms with Crippen molar-refractivity contribution in [1.29, 1.82) is 0 Å². The Bertz CT molecular complexity index is 331. The molecule has 0 aromatic heterocycles. The Morgan fingerprint density at radius 2 is 1.71 bits per heavy atom. The molecule has 1 atom stereocenters. The van der Waals surface area contributed by atoms with Gasteiger partial charge < -0.3 is 5.11 Å². The highest BCUT2D eigenvalue weighted by Gasteiger charge is 2.39. The summed E-state index contributed by atoms with van der Waals surface area (Å²) in [7, 11) is 0. The van der Waals surface area contributed by atoms with Crippen LogP contribution in [0.4, 0.5) is 13.2 Å². The molecule has 0 heterocycles. The Labute approximate surface area is 80.2 Å². The first kappa shape index (κ1) is 11.0. The molecule has 0 aliphatic rings. The minimum atomic E-state index is -4.60. The van der Waals surface area contributed by atoms with Gasteiger partial charge in [-0.25, -0.2) is 0 Å². The number of aryl methyl sites for hydroxylation is 2. The second-order valence-electron chi connectivity index (χ2n) is 3.29. The number of hydrogen-bond donors (Lipinski definition) is 1. The van der Waals surface area contributed by atoms with Crippen molar-refractivity contribution >= 4 is 0 Å². The van der Waals surface area contributed by atoms with E-state index >= 15 is 0 Å². The molecule has 1 nitrogen and oxygen atoms in total. The fourth-order valence-electron chi connectivity index (χ4n) is 1.12. The quantitative estimate of drug-likeness (QED) is 0.745. The first-order valence-electron chi connectivity index (χ1n) is 4.14. The summed E-state index contributed by atoms with van der Waals surface area (Å²) in [4.78, 5) is 0. The highest BCUT2D eigenvalue weighted by atomic mass is 19.4. The van der Waals surface area contributed by atoms with Gasteiger partial charge in [-0.15, -0.1) is 0 Å². The highest BCUT2D eigenvalue weighted by Crippen LogP contribution is 2.32. The molecule has 0 spiro atoms. The molecule has 0 saturated heterocycles. The minimum absolute atomic E-state index is 0.111. The summed E-state index contributed by atoms with van der Waals surface area (Å²) < 4.78 is 36.4. The predicted molar refractivity (Wildman–Crippen MR) is 46.9 cm³/mol. The van der Waals surface area contributed by atoms with Crippen LogP contribution in [0, 0.1) is 13.8 Å². The first-order valence-corrected chi connectivity index (χ1v) is 4.14. The second kappa shape index (κ2) is 3.61. The molecule has 0 saturated carbocycles. The molecule has 1 aromatic rings. The molecule has 1 N–H and O–H groups in total. The fourth-order valence-corrected chi connectivity index (χ4v) is 1.12. The van der Waals surface area contributed by atoms with Crippen molar-refractivity contribution in [3.63, 3.8) is 0 Å². The van der Waals surface area contributed by atoms with Gasteiger partial charge >= 0.3 is 6.18 Å². The zero-order valence-electron chi connectivity index (χ0n) is 7.89. The van der Waals surface area contributed by atoms with Gasteiger partial charge in [-0.2, -0.15) is 13.2 Å². The normalized spacial score (nSPS) is 14.1. The molecule has 1 aromatic carbocycles. The smallest absolute Gasteiger partial charge is 0.379 e. The number of hydrogen-bond acceptors (Lipinski definition) is 1. The Hall–Kier alpha value is -1.03. The van der Waals surface area contributed by atoms with Gasteiger partial charge in [0.2, 0.25) is 0 Å². The standard InChI is InChI=1S/C10H11F3O/c1-6-3-4-8(5-7(6)2)9(14)10(11,12)13/h3-5,9,14H,1-2H3/t9-/m1/s1. The van der Waals surface area contributed by atoms with Gasteiger partial charge in [0.25, 0.3) is 0 Å². The first-order chi connectivity index (χ1) is 6.32. The van der Waals surface area contributed by atoms with Gasteiger partial charge in [0.1, 0.15) is 0 Å². The number of alkyl halides is 3. The molecule has 0 unspecified atom stereocenters. The van der Waals surface area contributed by atoms with Crippen molar-refractivity contribution in [3.8, 4) is 0 Å². The van der Waals surface area contributed by atoms with E-state index in [4.69, 9.17) is 5.11 Å². The van der Waals surface area contributed by atoms with E-state index in [9.17, 15) is 13.2 Å². The third kappa shape index (κ3) is 2.26. The minimum Gasteiger partial charge on any atom is -0.379 e. The van der Waals surface area contributed by atoms with E-state index in [1.807, 2.05) is 0 Å². The number of halogens is 3. The Kier molecular flexibility index (Phi) is 2.85. The summed E-state index contributed by atoms with van der Waals surface area (Å²) in [6.07, 6.45) is -6.98. The van der Waals surface area contributed by atoms with Gasteiger partial charge in [0, 0.05) is 0 Å². The SMILES string of the molecule is Cc1ccc([C@@H](O)C(F)(F)F)cc1C. The third-order valence-corrected chi connectivity index (χ3v) is 2.16. The van der Waals surface area contributed by atoms with Crippen molar-refractivity contribution in [2.24, 2.45) is 0 Å². The summed E-state index contributed by atoms with van der Waals surface area (Å²) in [5.74, 6) is 0. The van der Waals surface area contributed by atoms with Crippen LogP contribution < -0.4 is 0 Å². The lowest BCUT2D eigenvalue weighted by Crippen LogP contribution is -2.20. The van der Waals surface area contributed by atoms with E-state index in [1.165, 1.54) is 12.1 Å². The zero-order chi connectivity index (χ0) is 10.9. The summed E-state index contributed by atoms with van der Waals surface area (Å²) in [5, 5.41) is 8.95. The van der Waals surface area contributed by atoms with E-state index in [2.05, 4.69) is 0 Å². The Morgan fingerprint density at radius 3 is 2.14 bits per heavy atom. The van der Waals surface area contributed by atoms with E-state index < -0.39 is 12.3 Å². The van der Waals surface area contributed by atoms with Gasteiger partial charge in [-0.1, -0.05) is 18.2 Å². The molecule has 1 rings (SSSR count). The lowest BCUT2D eigenvalue weighted by atomic mass is 10.0. The van der Waals surface area contributed by atoms with Crippen LogP contribution in [0.1, 0.15) is 22.8 Å². The van der Waals surface area contributed by atoms with Crippen molar-refractivity contribution in [3.05, 3.63) is 34.9 Å². The average Bonchev–Trinajstić information content (AvgIpc) is 2.07. The summed E-state index contributed by atoms with van der Waals surface area (Å²) in [6.45, 7) is 3.51. The van der Waals surface area contributed by atoms with Crippen LogP contribution in [0.5, 0.6) is 0 Å². The van der Waals surface area contributed by atoms with Gasteiger partial charge in [-0.3, -0.25) is 0 Å². The molecule has 0 amide bonds. The topological polar surface area (TPSA) is 20.2 Å². The van der Waals surface area contributed by atoms with Crippen molar-refractivity contribution < 1.29 is 18.3 Å². The number of benzene rings is 1. The number of aliphatic hydroxyl groups excluding tert-OH is 1. The largest absolute Gasteiger partial charge is 0.418 e. The fraction of sp³-hybridized carbons (Fsp3) is 0.400. The van der Waals surface area contributed by atoms with E-state index in [-0.39, 0.29) is 5.56 Å². The molecular formula is C10H11F3O. The molecule has 78 valence electrons. The summed E-state index contributed by atoms with van der Waals surface area (Å²) in [6, 6.07) is 4.22. The molecule has 14 heavy (non-hydrogen) atoms. The van der Waals surface area contributed by atoms with Crippen LogP contribution in [0.3, 0.4) is 0 Å². The van der Waals surface area contributed by atoms with Gasteiger partial charge in [-0.05, 0) is 30.5 Å². The Balaban J connectivity index is 3.03. The van der Waals surface area contributed by atoms with E-state index in [1.54, 1.807) is 19.9 Å². The van der Waals surface area contributed by atoms with Crippen molar-refractivity contribution in [2.45, 2.75) is 26.1 Å². The molecular weight excluding hydrogens is 193 g/mol. The van der Waals surface area contributed by atoms with Crippen LogP contribution in [0.15, 0.2) is 18.2 Å². The molecule has 0 bridgehead atoms. The van der Waals surface area contributed by atoms with Gasteiger partial charge in [0.15, 0.2) is 6.10 Å². The summed E-state index contributed by atoms with van der Waals surface area (Å²) in [5.41, 5.74) is 1.54.